The minimum atomic E-state index is -0.477. The number of aromatic hydroxyl groups is 1. The molecule has 0 radical (unpaired) electrons. The van der Waals surface area contributed by atoms with E-state index in [9.17, 15) is 9.90 Å². The third-order valence-corrected chi connectivity index (χ3v) is 2.89. The van der Waals surface area contributed by atoms with Crippen LogP contribution in [0.1, 0.15) is 50.7 Å². The van der Waals surface area contributed by atoms with E-state index in [2.05, 4.69) is 6.58 Å². The summed E-state index contributed by atoms with van der Waals surface area (Å²) in [7, 11) is 0. The van der Waals surface area contributed by atoms with Crippen LogP contribution in [0.4, 0.5) is 0 Å². The Bertz CT molecular complexity index is 406. The van der Waals surface area contributed by atoms with Gasteiger partial charge >= 0.3 is 5.63 Å². The van der Waals surface area contributed by atoms with Crippen LogP contribution in [0.15, 0.2) is 34.0 Å². The van der Waals surface area contributed by atoms with Crippen molar-refractivity contribution in [2.45, 2.75) is 51.4 Å². The van der Waals surface area contributed by atoms with Gasteiger partial charge in [0, 0.05) is 12.5 Å². The molecule has 0 saturated carbocycles. The van der Waals surface area contributed by atoms with Gasteiger partial charge in [-0.05, 0) is 19.3 Å². The van der Waals surface area contributed by atoms with E-state index in [1.165, 1.54) is 31.7 Å². The molecule has 0 aromatic carbocycles. The van der Waals surface area contributed by atoms with Crippen LogP contribution in [0, 0.1) is 0 Å². The zero-order valence-electron chi connectivity index (χ0n) is 10.9. The molecule has 1 heterocycles. The summed E-state index contributed by atoms with van der Waals surface area (Å²) in [5.41, 5.74) is -0.477. The van der Waals surface area contributed by atoms with Crippen molar-refractivity contribution in [1.82, 2.24) is 0 Å². The van der Waals surface area contributed by atoms with Crippen LogP contribution < -0.4 is 5.63 Å². The Morgan fingerprint density at radius 3 is 2.44 bits per heavy atom. The Morgan fingerprint density at radius 1 is 1.11 bits per heavy atom. The molecule has 18 heavy (non-hydrogen) atoms. The van der Waals surface area contributed by atoms with Crippen molar-refractivity contribution in [2.24, 2.45) is 0 Å². The molecule has 0 aliphatic heterocycles. The van der Waals surface area contributed by atoms with Crippen LogP contribution in [-0.2, 0) is 6.42 Å². The molecule has 0 amide bonds. The van der Waals surface area contributed by atoms with E-state index < -0.39 is 5.63 Å². The van der Waals surface area contributed by atoms with E-state index in [1.807, 2.05) is 6.08 Å². The van der Waals surface area contributed by atoms with Gasteiger partial charge in [0.25, 0.3) is 0 Å². The van der Waals surface area contributed by atoms with Gasteiger partial charge in [0.2, 0.25) is 0 Å². The third kappa shape index (κ3) is 6.28. The van der Waals surface area contributed by atoms with Crippen molar-refractivity contribution in [2.75, 3.05) is 0 Å². The van der Waals surface area contributed by atoms with Crippen LogP contribution in [0.5, 0.6) is 5.75 Å². The maximum absolute atomic E-state index is 11.0. The quantitative estimate of drug-likeness (QED) is 0.535. The average molecular weight is 250 g/mol. The molecule has 0 fully saturated rings. The molecule has 3 heteroatoms. The zero-order chi connectivity index (χ0) is 13.2. The first kappa shape index (κ1) is 14.6. The van der Waals surface area contributed by atoms with Crippen molar-refractivity contribution in [3.05, 3.63) is 41.0 Å². The minimum Gasteiger partial charge on any atom is -0.508 e. The molecule has 1 rings (SSSR count). The molecule has 0 aliphatic carbocycles. The van der Waals surface area contributed by atoms with Crippen molar-refractivity contribution in [3.63, 3.8) is 0 Å². The second-order valence-electron chi connectivity index (χ2n) is 4.55. The smallest absolute Gasteiger partial charge is 0.339 e. The lowest BCUT2D eigenvalue weighted by Crippen LogP contribution is -1.98. The monoisotopic (exact) mass is 250 g/mol. The first-order valence-corrected chi connectivity index (χ1v) is 6.66. The highest BCUT2D eigenvalue weighted by Crippen LogP contribution is 2.13. The molecule has 0 atom stereocenters. The SMILES string of the molecule is C=CCCCCCCCCc1cc(O)cc(=O)o1. The maximum Gasteiger partial charge on any atom is 0.339 e. The van der Waals surface area contributed by atoms with Crippen molar-refractivity contribution >= 4 is 0 Å². The van der Waals surface area contributed by atoms with Gasteiger partial charge in [0.1, 0.15) is 11.5 Å². The zero-order valence-corrected chi connectivity index (χ0v) is 10.9. The van der Waals surface area contributed by atoms with Gasteiger partial charge in [-0.25, -0.2) is 4.79 Å². The van der Waals surface area contributed by atoms with Gasteiger partial charge in [-0.1, -0.05) is 31.8 Å². The van der Waals surface area contributed by atoms with Crippen LogP contribution in [-0.4, -0.2) is 5.11 Å². The molecule has 3 nitrogen and oxygen atoms in total. The summed E-state index contributed by atoms with van der Waals surface area (Å²) in [6.07, 6.45) is 10.9. The molecule has 1 aromatic rings. The normalized spacial score (nSPS) is 10.4. The number of rotatable bonds is 9. The fourth-order valence-electron chi connectivity index (χ4n) is 1.93. The predicted molar refractivity (Wildman–Crippen MR) is 72.9 cm³/mol. The molecule has 1 N–H and O–H groups in total. The van der Waals surface area contributed by atoms with E-state index in [1.54, 1.807) is 0 Å². The molecular formula is C15H22O3. The van der Waals surface area contributed by atoms with Crippen LogP contribution in [0.25, 0.3) is 0 Å². The lowest BCUT2D eigenvalue weighted by Gasteiger charge is -2.01. The van der Waals surface area contributed by atoms with Crippen LogP contribution >= 0.6 is 0 Å². The number of allylic oxidation sites excluding steroid dienone is 1. The highest BCUT2D eigenvalue weighted by Gasteiger charge is 2.00. The first-order valence-electron chi connectivity index (χ1n) is 6.66. The van der Waals surface area contributed by atoms with E-state index in [-0.39, 0.29) is 5.75 Å². The molecular weight excluding hydrogens is 228 g/mol. The summed E-state index contributed by atoms with van der Waals surface area (Å²) < 4.78 is 4.99. The Hall–Kier alpha value is -1.51. The molecule has 0 unspecified atom stereocenters. The number of hydrogen-bond acceptors (Lipinski definition) is 3. The second kappa shape index (κ2) is 8.56. The summed E-state index contributed by atoms with van der Waals surface area (Å²) >= 11 is 0. The fourth-order valence-corrected chi connectivity index (χ4v) is 1.93. The Kier molecular flexibility index (Phi) is 6.92. The number of unbranched alkanes of at least 4 members (excludes halogenated alkanes) is 6. The van der Waals surface area contributed by atoms with E-state index in [4.69, 9.17) is 4.42 Å². The van der Waals surface area contributed by atoms with E-state index >= 15 is 0 Å². The van der Waals surface area contributed by atoms with Crippen molar-refractivity contribution < 1.29 is 9.52 Å². The predicted octanol–water partition coefficient (Wildman–Crippen LogP) is 3.80. The lowest BCUT2D eigenvalue weighted by atomic mass is 10.1. The molecule has 0 bridgehead atoms. The third-order valence-electron chi connectivity index (χ3n) is 2.89. The Morgan fingerprint density at radius 2 is 1.78 bits per heavy atom. The van der Waals surface area contributed by atoms with E-state index in [0.717, 1.165) is 31.7 Å². The molecule has 0 saturated heterocycles. The summed E-state index contributed by atoms with van der Waals surface area (Å²) in [6.45, 7) is 3.70. The first-order chi connectivity index (χ1) is 8.72. The minimum absolute atomic E-state index is 0.00863. The van der Waals surface area contributed by atoms with E-state index in [0.29, 0.717) is 5.76 Å². The van der Waals surface area contributed by atoms with Crippen molar-refractivity contribution in [1.29, 1.82) is 0 Å². The van der Waals surface area contributed by atoms with Gasteiger partial charge in [-0.2, -0.15) is 0 Å². The topological polar surface area (TPSA) is 50.4 Å². The average Bonchev–Trinajstić information content (AvgIpc) is 2.31. The van der Waals surface area contributed by atoms with Gasteiger partial charge < -0.3 is 9.52 Å². The Balaban J connectivity index is 2.10. The highest BCUT2D eigenvalue weighted by molar-refractivity contribution is 5.18. The summed E-state index contributed by atoms with van der Waals surface area (Å²) in [6, 6.07) is 2.61. The van der Waals surface area contributed by atoms with Gasteiger partial charge in [-0.15, -0.1) is 6.58 Å². The maximum atomic E-state index is 11.0. The van der Waals surface area contributed by atoms with Gasteiger partial charge in [0.15, 0.2) is 0 Å². The number of aryl methyl sites for hydroxylation is 1. The van der Waals surface area contributed by atoms with Crippen LogP contribution in [0.2, 0.25) is 0 Å². The largest absolute Gasteiger partial charge is 0.508 e. The standard InChI is InChI=1S/C15H22O3/c1-2-3-4-5-6-7-8-9-10-14-11-13(16)12-15(17)18-14/h2,11-12,16H,1,3-10H2. The second-order valence-corrected chi connectivity index (χ2v) is 4.55. The lowest BCUT2D eigenvalue weighted by molar-refractivity contribution is 0.418. The summed E-state index contributed by atoms with van der Waals surface area (Å²) in [5.74, 6) is 0.567. The molecule has 0 aliphatic rings. The molecule has 0 spiro atoms. The molecule has 1 aromatic heterocycles. The van der Waals surface area contributed by atoms with Crippen LogP contribution in [0.3, 0.4) is 0 Å². The fraction of sp³-hybridized carbons (Fsp3) is 0.533. The highest BCUT2D eigenvalue weighted by atomic mass is 16.4. The summed E-state index contributed by atoms with van der Waals surface area (Å²) in [4.78, 5) is 11.0. The Labute approximate surface area is 108 Å². The van der Waals surface area contributed by atoms with Gasteiger partial charge in [0.05, 0.1) is 6.07 Å². The van der Waals surface area contributed by atoms with Crippen molar-refractivity contribution in [3.8, 4) is 5.75 Å². The summed E-state index contributed by atoms with van der Waals surface area (Å²) in [5, 5.41) is 9.25. The van der Waals surface area contributed by atoms with Gasteiger partial charge in [-0.3, -0.25) is 0 Å². The number of hydrogen-bond donors (Lipinski definition) is 1. The molecule has 100 valence electrons.